The summed E-state index contributed by atoms with van der Waals surface area (Å²) in [5.74, 6) is -8.90. The maximum atomic E-state index is 13.8. The lowest BCUT2D eigenvalue weighted by Crippen LogP contribution is -2.13. The van der Waals surface area contributed by atoms with Crippen molar-refractivity contribution in [1.29, 1.82) is 0 Å². The number of rotatable bonds is 2. The molecule has 1 aromatic heterocycles. The van der Waals surface area contributed by atoms with Gasteiger partial charge < -0.3 is 10.5 Å². The Labute approximate surface area is 109 Å². The van der Waals surface area contributed by atoms with Crippen LogP contribution in [0, 0.1) is 23.3 Å². The number of benzene rings is 1. The number of hydrogen-bond donors (Lipinski definition) is 2. The van der Waals surface area contributed by atoms with Crippen LogP contribution in [0.5, 0.6) is 0 Å². The van der Waals surface area contributed by atoms with Gasteiger partial charge in [0.15, 0.2) is 23.3 Å². The topological polar surface area (TPSA) is 81.0 Å². The van der Waals surface area contributed by atoms with Gasteiger partial charge in [-0.15, -0.1) is 0 Å². The first-order chi connectivity index (χ1) is 9.38. The minimum Gasteiger partial charge on any atom is -0.465 e. The first kappa shape index (κ1) is 13.8. The zero-order chi connectivity index (χ0) is 15.0. The molecular formula is C11H7F4N3O2. The highest BCUT2D eigenvalue weighted by Crippen LogP contribution is 2.31. The molecule has 0 radical (unpaired) electrons. The molecule has 0 fully saturated rings. The summed E-state index contributed by atoms with van der Waals surface area (Å²) < 4.78 is 59.1. The molecule has 0 aliphatic carbocycles. The molecule has 2 aromatic rings. The number of nitrogens with two attached hydrogens (primary N) is 1. The summed E-state index contributed by atoms with van der Waals surface area (Å²) in [6.07, 6.45) is 0. The van der Waals surface area contributed by atoms with Gasteiger partial charge in [-0.25, -0.2) is 22.4 Å². The number of aromatic nitrogens is 2. The van der Waals surface area contributed by atoms with E-state index < -0.39 is 40.4 Å². The zero-order valence-corrected chi connectivity index (χ0v) is 9.93. The molecule has 0 bridgehead atoms. The second-order valence-corrected chi connectivity index (χ2v) is 3.70. The van der Waals surface area contributed by atoms with E-state index in [1.807, 2.05) is 0 Å². The van der Waals surface area contributed by atoms with E-state index in [0.717, 1.165) is 13.2 Å². The lowest BCUT2D eigenvalue weighted by atomic mass is 10.1. The van der Waals surface area contributed by atoms with Crippen molar-refractivity contribution in [2.75, 3.05) is 12.8 Å². The van der Waals surface area contributed by atoms with E-state index in [4.69, 9.17) is 5.73 Å². The highest BCUT2D eigenvalue weighted by molar-refractivity contribution is 5.91. The van der Waals surface area contributed by atoms with Crippen molar-refractivity contribution < 1.29 is 27.1 Å². The first-order valence-corrected chi connectivity index (χ1v) is 5.14. The van der Waals surface area contributed by atoms with Crippen molar-refractivity contribution in [3.8, 4) is 11.3 Å². The van der Waals surface area contributed by atoms with Crippen LogP contribution in [0.15, 0.2) is 6.07 Å². The second-order valence-electron chi connectivity index (χ2n) is 3.70. The number of methoxy groups -OCH3 is 1. The molecule has 106 valence electrons. The molecule has 9 heteroatoms. The summed E-state index contributed by atoms with van der Waals surface area (Å²) in [7, 11) is 0.820. The Morgan fingerprint density at radius 2 is 1.75 bits per heavy atom. The largest absolute Gasteiger partial charge is 0.465 e. The van der Waals surface area contributed by atoms with Gasteiger partial charge in [0.2, 0.25) is 0 Å². The number of carbonyl (C=O) groups is 1. The Morgan fingerprint density at radius 1 is 1.20 bits per heavy atom. The van der Waals surface area contributed by atoms with Crippen molar-refractivity contribution in [3.63, 3.8) is 0 Å². The summed E-state index contributed by atoms with van der Waals surface area (Å²) in [6, 6.07) is 0.984. The van der Waals surface area contributed by atoms with Crippen molar-refractivity contribution in [1.82, 2.24) is 10.2 Å². The summed E-state index contributed by atoms with van der Waals surface area (Å²) in [6.45, 7) is 0. The number of esters is 1. The third kappa shape index (κ3) is 1.96. The normalized spacial score (nSPS) is 10.7. The van der Waals surface area contributed by atoms with Gasteiger partial charge in [0.25, 0.3) is 0 Å². The SMILES string of the molecule is COC(=O)c1c(F)c(F)c(-c2cc(N)n[nH]2)c(F)c1F. The molecule has 5 nitrogen and oxygen atoms in total. The highest BCUT2D eigenvalue weighted by Gasteiger charge is 2.31. The van der Waals surface area contributed by atoms with Gasteiger partial charge in [0.1, 0.15) is 11.4 Å². The zero-order valence-electron chi connectivity index (χ0n) is 9.93. The molecule has 0 unspecified atom stereocenters. The summed E-state index contributed by atoms with van der Waals surface area (Å²) >= 11 is 0. The van der Waals surface area contributed by atoms with E-state index in [1.54, 1.807) is 0 Å². The van der Waals surface area contributed by atoms with Gasteiger partial charge in [-0.1, -0.05) is 0 Å². The Hall–Kier alpha value is -2.58. The van der Waals surface area contributed by atoms with Gasteiger partial charge in [-0.2, -0.15) is 5.10 Å². The quantitative estimate of drug-likeness (QED) is 0.503. The Kier molecular flexibility index (Phi) is 3.35. The highest BCUT2D eigenvalue weighted by atomic mass is 19.2. The predicted molar refractivity (Wildman–Crippen MR) is 59.6 cm³/mol. The molecule has 1 heterocycles. The van der Waals surface area contributed by atoms with Crippen molar-refractivity contribution in [2.24, 2.45) is 0 Å². The number of ether oxygens (including phenoxy) is 1. The van der Waals surface area contributed by atoms with Crippen LogP contribution < -0.4 is 5.73 Å². The van der Waals surface area contributed by atoms with Crippen LogP contribution in [0.25, 0.3) is 11.3 Å². The van der Waals surface area contributed by atoms with Crippen LogP contribution in [0.1, 0.15) is 10.4 Å². The summed E-state index contributed by atoms with van der Waals surface area (Å²) in [5.41, 5.74) is 2.38. The van der Waals surface area contributed by atoms with Crippen molar-refractivity contribution in [2.45, 2.75) is 0 Å². The van der Waals surface area contributed by atoms with Gasteiger partial charge in [-0.05, 0) is 0 Å². The molecule has 3 N–H and O–H groups in total. The molecule has 20 heavy (non-hydrogen) atoms. The molecule has 0 aliphatic heterocycles. The van der Waals surface area contributed by atoms with E-state index in [1.165, 1.54) is 0 Å². The summed E-state index contributed by atoms with van der Waals surface area (Å²) in [5, 5.41) is 5.51. The molecule has 0 amide bonds. The van der Waals surface area contributed by atoms with Crippen LogP contribution in [0.4, 0.5) is 23.4 Å². The monoisotopic (exact) mass is 289 g/mol. The van der Waals surface area contributed by atoms with E-state index in [2.05, 4.69) is 14.9 Å². The van der Waals surface area contributed by atoms with E-state index in [0.29, 0.717) is 0 Å². The van der Waals surface area contributed by atoms with Crippen LogP contribution in [0.3, 0.4) is 0 Å². The lowest BCUT2D eigenvalue weighted by molar-refractivity contribution is 0.0587. The van der Waals surface area contributed by atoms with Crippen LogP contribution >= 0.6 is 0 Å². The van der Waals surface area contributed by atoms with E-state index >= 15 is 0 Å². The van der Waals surface area contributed by atoms with Gasteiger partial charge >= 0.3 is 5.97 Å². The number of aromatic amines is 1. The van der Waals surface area contributed by atoms with E-state index in [-0.39, 0.29) is 11.5 Å². The molecule has 0 atom stereocenters. The maximum Gasteiger partial charge on any atom is 0.344 e. The number of H-pyrrole nitrogens is 1. The van der Waals surface area contributed by atoms with Crippen LogP contribution in [-0.4, -0.2) is 23.3 Å². The van der Waals surface area contributed by atoms with Gasteiger partial charge in [-0.3, -0.25) is 5.10 Å². The number of carbonyl (C=O) groups excluding carboxylic acids is 1. The van der Waals surface area contributed by atoms with Gasteiger partial charge in [0, 0.05) is 6.07 Å². The third-order valence-corrected chi connectivity index (χ3v) is 2.52. The number of nitrogens with zero attached hydrogens (tertiary/aromatic N) is 1. The molecular weight excluding hydrogens is 282 g/mol. The maximum absolute atomic E-state index is 13.8. The first-order valence-electron chi connectivity index (χ1n) is 5.14. The lowest BCUT2D eigenvalue weighted by Gasteiger charge is -2.09. The van der Waals surface area contributed by atoms with Crippen LogP contribution in [0.2, 0.25) is 0 Å². The fourth-order valence-corrected chi connectivity index (χ4v) is 1.61. The number of anilines is 1. The fourth-order valence-electron chi connectivity index (χ4n) is 1.61. The number of nitrogens with one attached hydrogen (secondary N) is 1. The minimum atomic E-state index is -1.86. The predicted octanol–water partition coefficient (Wildman–Crippen LogP) is 2.00. The van der Waals surface area contributed by atoms with E-state index in [9.17, 15) is 22.4 Å². The smallest absolute Gasteiger partial charge is 0.344 e. The third-order valence-electron chi connectivity index (χ3n) is 2.52. The molecule has 0 aliphatic rings. The number of halogens is 4. The number of nitrogen functional groups attached to an aromatic ring is 1. The van der Waals surface area contributed by atoms with Crippen molar-refractivity contribution in [3.05, 3.63) is 34.9 Å². The second kappa shape index (κ2) is 4.83. The Balaban J connectivity index is 2.77. The Morgan fingerprint density at radius 3 is 2.15 bits per heavy atom. The van der Waals surface area contributed by atoms with Gasteiger partial charge in [0.05, 0.1) is 18.4 Å². The molecule has 0 spiro atoms. The molecule has 0 saturated carbocycles. The van der Waals surface area contributed by atoms with Crippen molar-refractivity contribution >= 4 is 11.8 Å². The minimum absolute atomic E-state index is 0.128. The average molecular weight is 289 g/mol. The summed E-state index contributed by atoms with van der Waals surface area (Å²) in [4.78, 5) is 11.1. The average Bonchev–Trinajstić information content (AvgIpc) is 2.83. The molecule has 0 saturated heterocycles. The standard InChI is InChI=1S/C11H7F4N3O2/c1-20-11(19)6-9(14)7(12)5(8(13)10(6)15)3-2-4(16)18-17-3/h2H,1H3,(H3,16,17,18). The Bertz CT molecular complexity index is 670. The molecule has 1 aromatic carbocycles. The molecule has 2 rings (SSSR count). The van der Waals surface area contributed by atoms with Crippen LogP contribution in [-0.2, 0) is 4.74 Å². The number of hydrogen-bond acceptors (Lipinski definition) is 4. The fraction of sp³-hybridized carbons (Fsp3) is 0.0909.